The average molecular weight is 1100 g/mol. The van der Waals surface area contributed by atoms with Crippen LogP contribution in [0.1, 0.15) is 56.7 Å². The van der Waals surface area contributed by atoms with Crippen molar-refractivity contribution in [2.24, 2.45) is 23.1 Å². The predicted octanol–water partition coefficient (Wildman–Crippen LogP) is 0.286. The normalized spacial score (nSPS) is 14.9. The molecular formula is C54H71N11O10S2. The first-order chi connectivity index (χ1) is 36.7. The highest BCUT2D eigenvalue weighted by molar-refractivity contribution is 7.80. The summed E-state index contributed by atoms with van der Waals surface area (Å²) in [5, 5.41) is 41.3. The van der Waals surface area contributed by atoms with Gasteiger partial charge in [0.2, 0.25) is 47.3 Å². The van der Waals surface area contributed by atoms with Crippen LogP contribution in [0.4, 0.5) is 0 Å². The third-order valence-electron chi connectivity index (χ3n) is 12.9. The molecule has 0 fully saturated rings. The lowest BCUT2D eigenvalue weighted by atomic mass is 10.00. The molecule has 0 radical (unpaired) electrons. The van der Waals surface area contributed by atoms with Gasteiger partial charge in [-0.3, -0.25) is 38.4 Å². The van der Waals surface area contributed by atoms with E-state index >= 15 is 0 Å². The zero-order valence-electron chi connectivity index (χ0n) is 43.2. The van der Waals surface area contributed by atoms with Gasteiger partial charge in [-0.05, 0) is 90.7 Å². The molecule has 23 heteroatoms. The van der Waals surface area contributed by atoms with Crippen molar-refractivity contribution in [3.8, 4) is 5.75 Å². The molecule has 9 atom stereocenters. The largest absolute Gasteiger partial charge is 0.508 e. The molecule has 0 spiro atoms. The molecule has 414 valence electrons. The molecule has 21 nitrogen and oxygen atoms in total. The number of fused-ring (bicyclic) bond motifs is 2. The summed E-state index contributed by atoms with van der Waals surface area (Å²) in [4.78, 5) is 113. The maximum absolute atomic E-state index is 14.8. The van der Waals surface area contributed by atoms with Crippen LogP contribution in [0.5, 0.6) is 5.75 Å². The summed E-state index contributed by atoms with van der Waals surface area (Å²) in [6, 6.07) is 16.2. The number of rotatable bonds is 29. The smallest absolute Gasteiger partial charge is 0.244 e. The van der Waals surface area contributed by atoms with E-state index in [-0.39, 0.29) is 49.5 Å². The van der Waals surface area contributed by atoms with Crippen LogP contribution < -0.4 is 54.4 Å². The van der Waals surface area contributed by atoms with Crippen molar-refractivity contribution >= 4 is 94.2 Å². The summed E-state index contributed by atoms with van der Waals surface area (Å²) in [7, 11) is 0. The standard InChI is InChI=1S/C54H71N11O10S2/c1-29(2)45(54(75)63-44(28-77)53(74)65-46(30(3)66)47(57)68)64-49(70)40(14-8-9-21-55)59-51(72)42(25-35-26-58-39-13-7-6-12-37(35)39)61-50(71)41(24-31-16-19-36(67)20-17-31)60-52(73)43(27-76)62-48(69)38(56)23-32-15-18-33-10-4-5-11-34(33)22-32/h4-7,10-13,15-20,22,26,29-30,38,40-46,58,66-67,76-77H,8-9,14,21,23-25,27-28,55-56H2,1-3H3,(H2,57,68)(H,59,72)(H,60,73)(H,61,71)(H,62,69)(H,63,75)(H,64,70)(H,65,74)/t30-,38-,40+,41+,42-,43+,44+,45+,46+/m1/s1. The second-order valence-corrected chi connectivity index (χ2v) is 20.0. The fraction of sp³-hybridized carbons (Fsp3) is 0.407. The van der Waals surface area contributed by atoms with Crippen LogP contribution in [0.2, 0.25) is 0 Å². The van der Waals surface area contributed by atoms with Crippen molar-refractivity contribution in [2.45, 2.75) is 114 Å². The number of unbranched alkanes of at least 4 members (excludes halogenated alkanes) is 1. The van der Waals surface area contributed by atoms with E-state index in [1.54, 1.807) is 38.2 Å². The quantitative estimate of drug-likeness (QED) is 0.0227. The third kappa shape index (κ3) is 17.7. The number of aliphatic hydroxyl groups excluding tert-OH is 1. The maximum Gasteiger partial charge on any atom is 0.244 e. The molecule has 8 amide bonds. The number of carbonyl (C=O) groups excluding carboxylic acids is 8. The van der Waals surface area contributed by atoms with Crippen LogP contribution >= 0.6 is 25.3 Å². The zero-order chi connectivity index (χ0) is 56.3. The van der Waals surface area contributed by atoms with Crippen molar-refractivity contribution in [2.75, 3.05) is 18.1 Å². The topological polar surface area (TPSA) is 355 Å². The van der Waals surface area contributed by atoms with E-state index in [1.165, 1.54) is 19.1 Å². The number of H-pyrrole nitrogens is 1. The lowest BCUT2D eigenvalue weighted by Crippen LogP contribution is -2.62. The number of amides is 8. The summed E-state index contributed by atoms with van der Waals surface area (Å²) in [5.74, 6) is -7.51. The van der Waals surface area contributed by atoms with Crippen molar-refractivity contribution in [3.05, 3.63) is 114 Å². The van der Waals surface area contributed by atoms with Gasteiger partial charge in [0.1, 0.15) is 48.0 Å². The highest BCUT2D eigenvalue weighted by Crippen LogP contribution is 2.21. The number of nitrogens with two attached hydrogens (primary N) is 3. The molecule has 0 saturated heterocycles. The molecule has 5 rings (SSSR count). The van der Waals surface area contributed by atoms with Gasteiger partial charge in [0.15, 0.2) is 0 Å². The molecule has 0 bridgehead atoms. The summed E-state index contributed by atoms with van der Waals surface area (Å²) in [6.07, 6.45) is 1.12. The number of para-hydroxylation sites is 1. The Morgan fingerprint density at radius 2 is 1.09 bits per heavy atom. The van der Waals surface area contributed by atoms with Gasteiger partial charge in [-0.15, -0.1) is 0 Å². The van der Waals surface area contributed by atoms with Gasteiger partial charge in [0, 0.05) is 41.4 Å². The van der Waals surface area contributed by atoms with E-state index in [2.05, 4.69) is 67.5 Å². The lowest BCUT2D eigenvalue weighted by molar-refractivity contribution is -0.136. The zero-order valence-corrected chi connectivity index (χ0v) is 45.0. The Labute approximate surface area is 457 Å². The lowest BCUT2D eigenvalue weighted by Gasteiger charge is -2.29. The van der Waals surface area contributed by atoms with Crippen LogP contribution in [0.25, 0.3) is 21.7 Å². The monoisotopic (exact) mass is 1100 g/mol. The van der Waals surface area contributed by atoms with E-state index in [4.69, 9.17) is 17.2 Å². The van der Waals surface area contributed by atoms with E-state index in [1.807, 2.05) is 60.7 Å². The number of nitrogens with one attached hydrogen (secondary N) is 8. The number of aliphatic hydroxyl groups is 1. The van der Waals surface area contributed by atoms with E-state index in [0.29, 0.717) is 24.0 Å². The van der Waals surface area contributed by atoms with E-state index in [0.717, 1.165) is 27.2 Å². The number of aromatic nitrogens is 1. The Bertz CT molecular complexity index is 2850. The van der Waals surface area contributed by atoms with E-state index < -0.39 is 108 Å². The van der Waals surface area contributed by atoms with Gasteiger partial charge in [-0.25, -0.2) is 0 Å². The van der Waals surface area contributed by atoms with Gasteiger partial charge < -0.3 is 69.6 Å². The Morgan fingerprint density at radius 1 is 0.571 bits per heavy atom. The van der Waals surface area contributed by atoms with Crippen LogP contribution in [0.3, 0.4) is 0 Å². The Morgan fingerprint density at radius 3 is 1.70 bits per heavy atom. The first kappa shape index (κ1) is 60.7. The summed E-state index contributed by atoms with van der Waals surface area (Å²) in [6.45, 7) is 4.81. The SMILES string of the molecule is CC(C)[C@H](NC(=O)[C@H](CCCCN)NC(=O)[C@@H](Cc1c[nH]c2ccccc12)NC(=O)[C@H](Cc1ccc(O)cc1)NC(=O)[C@H](CS)NC(=O)[C@H](N)Cc1ccc2ccccc2c1)C(=O)N[C@@H](CS)C(=O)N[C@H](C(N)=O)[C@@H](C)O. The summed E-state index contributed by atoms with van der Waals surface area (Å²) in [5.41, 5.74) is 20.2. The van der Waals surface area contributed by atoms with Gasteiger partial charge in [-0.2, -0.15) is 25.3 Å². The van der Waals surface area contributed by atoms with Gasteiger partial charge in [-0.1, -0.05) is 86.6 Å². The average Bonchev–Trinajstić information content (AvgIpc) is 3.82. The molecule has 1 heterocycles. The molecule has 0 saturated carbocycles. The Kier molecular flexibility index (Phi) is 23.1. The number of phenols is 1. The molecule has 0 aliphatic heterocycles. The maximum atomic E-state index is 14.8. The number of aromatic amines is 1. The Balaban J connectivity index is 1.39. The fourth-order valence-corrected chi connectivity index (χ4v) is 9.01. The minimum absolute atomic E-state index is 0.0459. The number of thiol groups is 2. The second kappa shape index (κ2) is 29.4. The highest BCUT2D eigenvalue weighted by Gasteiger charge is 2.36. The molecule has 0 unspecified atom stereocenters. The van der Waals surface area contributed by atoms with Crippen LogP contribution in [0.15, 0.2) is 97.2 Å². The molecule has 4 aromatic carbocycles. The van der Waals surface area contributed by atoms with Gasteiger partial charge >= 0.3 is 0 Å². The van der Waals surface area contributed by atoms with Gasteiger partial charge in [0.25, 0.3) is 0 Å². The molecule has 0 aliphatic rings. The highest BCUT2D eigenvalue weighted by atomic mass is 32.1. The number of phenolic OH excluding ortho intramolecular Hbond substituents is 1. The minimum atomic E-state index is -1.46. The fourth-order valence-electron chi connectivity index (χ4n) is 8.50. The first-order valence-corrected chi connectivity index (χ1v) is 26.6. The number of benzene rings is 4. The minimum Gasteiger partial charge on any atom is -0.508 e. The predicted molar refractivity (Wildman–Crippen MR) is 299 cm³/mol. The first-order valence-electron chi connectivity index (χ1n) is 25.3. The number of carbonyl (C=O) groups is 8. The molecular weight excluding hydrogens is 1030 g/mol. The summed E-state index contributed by atoms with van der Waals surface area (Å²) >= 11 is 8.54. The third-order valence-corrected chi connectivity index (χ3v) is 13.6. The van der Waals surface area contributed by atoms with Crippen molar-refractivity contribution < 1.29 is 48.6 Å². The van der Waals surface area contributed by atoms with Crippen LogP contribution in [0, 0.1) is 5.92 Å². The van der Waals surface area contributed by atoms with Gasteiger partial charge in [0.05, 0.1) is 12.1 Å². The molecule has 0 aliphatic carbocycles. The summed E-state index contributed by atoms with van der Waals surface area (Å²) < 4.78 is 0. The van der Waals surface area contributed by atoms with Crippen molar-refractivity contribution in [1.29, 1.82) is 0 Å². The number of aromatic hydroxyl groups is 1. The van der Waals surface area contributed by atoms with Crippen molar-refractivity contribution in [3.63, 3.8) is 0 Å². The van der Waals surface area contributed by atoms with Crippen molar-refractivity contribution in [1.82, 2.24) is 42.2 Å². The van der Waals surface area contributed by atoms with Crippen LogP contribution in [-0.2, 0) is 57.6 Å². The second-order valence-electron chi connectivity index (χ2n) is 19.2. The number of primary amides is 1. The number of hydrogen-bond donors (Lipinski definition) is 15. The molecule has 77 heavy (non-hydrogen) atoms. The Hall–Kier alpha value is -7.18. The van der Waals surface area contributed by atoms with E-state index in [9.17, 15) is 48.6 Å². The van der Waals surface area contributed by atoms with Crippen LogP contribution in [-0.4, -0.2) is 135 Å². The molecule has 16 N–H and O–H groups in total. The number of hydrogen-bond acceptors (Lipinski definition) is 14. The molecule has 5 aromatic rings. The molecule has 1 aromatic heterocycles.